The van der Waals surface area contributed by atoms with E-state index in [2.05, 4.69) is 20.1 Å². The fourth-order valence-corrected chi connectivity index (χ4v) is 2.73. The molecule has 0 amide bonds. The molecule has 1 aromatic heterocycles. The number of hydrogen-bond donors (Lipinski definition) is 2. The highest BCUT2D eigenvalue weighted by Crippen LogP contribution is 2.26. The van der Waals surface area contributed by atoms with Crippen molar-refractivity contribution < 1.29 is 5.11 Å². The topological polar surface area (TPSA) is 63.0 Å². The lowest BCUT2D eigenvalue weighted by Crippen LogP contribution is -2.25. The van der Waals surface area contributed by atoms with Gasteiger partial charge in [-0.2, -0.15) is 0 Å². The lowest BCUT2D eigenvalue weighted by molar-refractivity contribution is 0.198. The van der Waals surface area contributed by atoms with E-state index in [1.807, 2.05) is 0 Å². The van der Waals surface area contributed by atoms with Crippen molar-refractivity contribution in [1.29, 1.82) is 0 Å². The van der Waals surface area contributed by atoms with E-state index < -0.39 is 0 Å². The number of fused-ring (bicyclic) bond motifs is 1. The van der Waals surface area contributed by atoms with E-state index in [0.717, 1.165) is 37.6 Å². The van der Waals surface area contributed by atoms with Crippen LogP contribution >= 0.6 is 0 Å². The smallest absolute Gasteiger partial charge is 0.150 e. The molecule has 88 valence electrons. The van der Waals surface area contributed by atoms with Gasteiger partial charge in [-0.1, -0.05) is 0 Å². The van der Waals surface area contributed by atoms with Gasteiger partial charge in [0.1, 0.15) is 11.6 Å². The van der Waals surface area contributed by atoms with E-state index in [4.69, 9.17) is 5.11 Å². The summed E-state index contributed by atoms with van der Waals surface area (Å²) in [5.74, 6) is 2.53. The molecule has 1 saturated heterocycles. The molecule has 5 heteroatoms. The average Bonchev–Trinajstić information content (AvgIpc) is 2.96. The summed E-state index contributed by atoms with van der Waals surface area (Å²) in [7, 11) is 0. The van der Waals surface area contributed by atoms with Gasteiger partial charge in [0.25, 0.3) is 0 Å². The highest BCUT2D eigenvalue weighted by molar-refractivity contribution is 5.06. The summed E-state index contributed by atoms with van der Waals surface area (Å²) >= 11 is 0. The normalized spacial score (nSPS) is 29.3. The highest BCUT2D eigenvalue weighted by atomic mass is 16.3. The SMILES string of the molecule is OCC1CCn2c(nnc2C2CCCN2)C1. The van der Waals surface area contributed by atoms with Crippen LogP contribution in [0.25, 0.3) is 0 Å². The molecule has 3 rings (SSSR count). The van der Waals surface area contributed by atoms with Crippen molar-refractivity contribution in [2.75, 3.05) is 13.2 Å². The Kier molecular flexibility index (Phi) is 2.65. The molecule has 0 saturated carbocycles. The summed E-state index contributed by atoms with van der Waals surface area (Å²) in [6.45, 7) is 2.32. The van der Waals surface area contributed by atoms with Crippen LogP contribution in [0, 0.1) is 5.92 Å². The summed E-state index contributed by atoms with van der Waals surface area (Å²) in [5.41, 5.74) is 0. The summed E-state index contributed by atoms with van der Waals surface area (Å²) in [6, 6.07) is 0.395. The van der Waals surface area contributed by atoms with Crippen LogP contribution in [-0.4, -0.2) is 33.0 Å². The maximum atomic E-state index is 9.17. The first-order chi connectivity index (χ1) is 7.88. The number of nitrogens with zero attached hydrogens (tertiary/aromatic N) is 3. The van der Waals surface area contributed by atoms with Gasteiger partial charge in [-0.25, -0.2) is 0 Å². The Morgan fingerprint density at radius 2 is 2.31 bits per heavy atom. The second-order valence-corrected chi connectivity index (χ2v) is 4.82. The molecule has 0 spiro atoms. The van der Waals surface area contributed by atoms with Crippen molar-refractivity contribution in [3.8, 4) is 0 Å². The predicted octanol–water partition coefficient (Wildman–Crippen LogP) is 0.257. The van der Waals surface area contributed by atoms with Gasteiger partial charge in [0.2, 0.25) is 0 Å². The molecule has 0 radical (unpaired) electrons. The molecular weight excluding hydrogens is 204 g/mol. The minimum absolute atomic E-state index is 0.268. The Bertz CT molecular complexity index is 370. The van der Waals surface area contributed by atoms with Crippen LogP contribution in [0.15, 0.2) is 0 Å². The van der Waals surface area contributed by atoms with E-state index in [1.54, 1.807) is 0 Å². The Balaban J connectivity index is 1.84. The number of aliphatic hydroxyl groups excluding tert-OH is 1. The lowest BCUT2D eigenvalue weighted by Gasteiger charge is -2.23. The van der Waals surface area contributed by atoms with Gasteiger partial charge in [-0.15, -0.1) is 10.2 Å². The monoisotopic (exact) mass is 222 g/mol. The number of aromatic nitrogens is 3. The third kappa shape index (κ3) is 1.64. The molecular formula is C11H18N4O. The number of hydrogen-bond acceptors (Lipinski definition) is 4. The molecule has 0 bridgehead atoms. The molecule has 0 aromatic carbocycles. The van der Waals surface area contributed by atoms with Gasteiger partial charge in [0.05, 0.1) is 6.04 Å². The maximum Gasteiger partial charge on any atom is 0.150 e. The van der Waals surface area contributed by atoms with Crippen LogP contribution in [0.2, 0.25) is 0 Å². The summed E-state index contributed by atoms with van der Waals surface area (Å²) < 4.78 is 2.25. The standard InChI is InChI=1S/C11H18N4O/c16-7-8-3-5-15-10(6-8)13-14-11(15)9-2-1-4-12-9/h8-9,12,16H,1-7H2. The van der Waals surface area contributed by atoms with Crippen LogP contribution in [0.1, 0.15) is 37.0 Å². The first-order valence-electron chi connectivity index (χ1n) is 6.14. The van der Waals surface area contributed by atoms with Crippen LogP contribution < -0.4 is 5.32 Å². The van der Waals surface area contributed by atoms with E-state index in [0.29, 0.717) is 12.0 Å². The largest absolute Gasteiger partial charge is 0.396 e. The van der Waals surface area contributed by atoms with E-state index in [-0.39, 0.29) is 6.61 Å². The summed E-state index contributed by atoms with van der Waals surface area (Å²) in [4.78, 5) is 0. The molecule has 3 heterocycles. The third-order valence-corrected chi connectivity index (χ3v) is 3.72. The molecule has 2 aliphatic rings. The van der Waals surface area contributed by atoms with Crippen LogP contribution in [0.3, 0.4) is 0 Å². The minimum atomic E-state index is 0.268. The second-order valence-electron chi connectivity index (χ2n) is 4.82. The maximum absolute atomic E-state index is 9.17. The fraction of sp³-hybridized carbons (Fsp3) is 0.818. The third-order valence-electron chi connectivity index (χ3n) is 3.72. The molecule has 2 unspecified atom stereocenters. The fourth-order valence-electron chi connectivity index (χ4n) is 2.73. The van der Waals surface area contributed by atoms with E-state index in [9.17, 15) is 0 Å². The molecule has 2 aliphatic heterocycles. The Hall–Kier alpha value is -0.940. The minimum Gasteiger partial charge on any atom is -0.396 e. The van der Waals surface area contributed by atoms with Gasteiger partial charge >= 0.3 is 0 Å². The van der Waals surface area contributed by atoms with Crippen molar-refractivity contribution in [3.05, 3.63) is 11.6 Å². The van der Waals surface area contributed by atoms with Gasteiger partial charge in [-0.3, -0.25) is 0 Å². The Morgan fingerprint density at radius 3 is 3.06 bits per heavy atom. The molecule has 2 N–H and O–H groups in total. The van der Waals surface area contributed by atoms with E-state index >= 15 is 0 Å². The second kappa shape index (κ2) is 4.14. The summed E-state index contributed by atoms with van der Waals surface area (Å²) in [5, 5.41) is 21.2. The van der Waals surface area contributed by atoms with Crippen LogP contribution in [0.5, 0.6) is 0 Å². The highest BCUT2D eigenvalue weighted by Gasteiger charge is 2.27. The zero-order valence-electron chi connectivity index (χ0n) is 9.39. The van der Waals surface area contributed by atoms with Crippen LogP contribution in [0.4, 0.5) is 0 Å². The first-order valence-corrected chi connectivity index (χ1v) is 6.14. The lowest BCUT2D eigenvalue weighted by atomic mass is 9.98. The van der Waals surface area contributed by atoms with Crippen molar-refractivity contribution in [2.24, 2.45) is 5.92 Å². The molecule has 2 atom stereocenters. The first kappa shape index (κ1) is 10.2. The van der Waals surface area contributed by atoms with Gasteiger partial charge in [0.15, 0.2) is 0 Å². The van der Waals surface area contributed by atoms with Crippen molar-refractivity contribution in [2.45, 2.75) is 38.3 Å². The zero-order chi connectivity index (χ0) is 11.0. The average molecular weight is 222 g/mol. The number of aliphatic hydroxyl groups is 1. The Labute approximate surface area is 94.9 Å². The number of rotatable bonds is 2. The molecule has 1 aromatic rings. The van der Waals surface area contributed by atoms with Crippen molar-refractivity contribution in [1.82, 2.24) is 20.1 Å². The summed E-state index contributed by atoms with van der Waals surface area (Å²) in [6.07, 6.45) is 4.31. The van der Waals surface area contributed by atoms with E-state index in [1.165, 1.54) is 12.8 Å². The Morgan fingerprint density at radius 1 is 1.38 bits per heavy atom. The van der Waals surface area contributed by atoms with Crippen molar-refractivity contribution >= 4 is 0 Å². The van der Waals surface area contributed by atoms with Crippen molar-refractivity contribution in [3.63, 3.8) is 0 Å². The number of nitrogens with one attached hydrogen (secondary N) is 1. The van der Waals surface area contributed by atoms with Crippen LogP contribution in [-0.2, 0) is 13.0 Å². The molecule has 16 heavy (non-hydrogen) atoms. The van der Waals surface area contributed by atoms with Gasteiger partial charge in [-0.05, 0) is 31.7 Å². The zero-order valence-corrected chi connectivity index (χ0v) is 9.39. The molecule has 0 aliphatic carbocycles. The molecule has 1 fully saturated rings. The molecule has 5 nitrogen and oxygen atoms in total. The quantitative estimate of drug-likeness (QED) is 0.753. The van der Waals surface area contributed by atoms with Gasteiger partial charge < -0.3 is 15.0 Å². The predicted molar refractivity (Wildman–Crippen MR) is 58.9 cm³/mol. The van der Waals surface area contributed by atoms with Gasteiger partial charge in [0, 0.05) is 19.6 Å².